The summed E-state index contributed by atoms with van der Waals surface area (Å²) in [5.74, 6) is 0.932. The molecule has 0 spiro atoms. The number of esters is 1. The van der Waals surface area contributed by atoms with E-state index >= 15 is 0 Å². The first-order valence-electron chi connectivity index (χ1n) is 7.98. The first-order valence-corrected chi connectivity index (χ1v) is 7.98. The van der Waals surface area contributed by atoms with E-state index in [1.807, 2.05) is 49.4 Å². The fourth-order valence-corrected chi connectivity index (χ4v) is 2.80. The number of benzene rings is 2. The second-order valence-corrected chi connectivity index (χ2v) is 5.59. The number of hydrogen-bond acceptors (Lipinski definition) is 4. The molecule has 0 fully saturated rings. The van der Waals surface area contributed by atoms with Crippen LogP contribution in [0.5, 0.6) is 5.75 Å². The van der Waals surface area contributed by atoms with Gasteiger partial charge in [0.05, 0.1) is 6.61 Å². The van der Waals surface area contributed by atoms with Crippen molar-refractivity contribution in [1.82, 2.24) is 0 Å². The van der Waals surface area contributed by atoms with E-state index < -0.39 is 0 Å². The molecule has 0 aliphatic rings. The van der Waals surface area contributed by atoms with Gasteiger partial charge in [0.2, 0.25) is 0 Å². The molecule has 4 nitrogen and oxygen atoms in total. The lowest BCUT2D eigenvalue weighted by Crippen LogP contribution is -2.06. The van der Waals surface area contributed by atoms with E-state index in [2.05, 4.69) is 0 Å². The largest absolute Gasteiger partial charge is 0.489 e. The van der Waals surface area contributed by atoms with E-state index in [1.54, 1.807) is 13.8 Å². The monoisotopic (exact) mass is 324 g/mol. The Labute approximate surface area is 141 Å². The highest BCUT2D eigenvalue weighted by Gasteiger charge is 2.22. The number of ether oxygens (including phenoxy) is 2. The molecule has 0 saturated heterocycles. The Hall–Kier alpha value is -2.75. The van der Waals surface area contributed by atoms with Crippen LogP contribution >= 0.6 is 0 Å². The van der Waals surface area contributed by atoms with Gasteiger partial charge >= 0.3 is 5.97 Å². The summed E-state index contributed by atoms with van der Waals surface area (Å²) in [5.41, 5.74) is 3.11. The number of rotatable bonds is 5. The SMILES string of the molecule is CCOC(=O)c1c(C)oc2ccc(OCc3ccccc3)c(C)c12. The summed E-state index contributed by atoms with van der Waals surface area (Å²) < 4.78 is 16.8. The lowest BCUT2D eigenvalue weighted by atomic mass is 10.0. The minimum atomic E-state index is -0.364. The van der Waals surface area contributed by atoms with Gasteiger partial charge in [-0.1, -0.05) is 30.3 Å². The summed E-state index contributed by atoms with van der Waals surface area (Å²) in [6.07, 6.45) is 0. The lowest BCUT2D eigenvalue weighted by Gasteiger charge is -2.10. The van der Waals surface area contributed by atoms with Gasteiger partial charge in [-0.05, 0) is 38.5 Å². The molecule has 4 heteroatoms. The molecule has 24 heavy (non-hydrogen) atoms. The number of aryl methyl sites for hydroxylation is 2. The Morgan fingerprint density at radius 1 is 1.08 bits per heavy atom. The second kappa shape index (κ2) is 6.79. The third-order valence-electron chi connectivity index (χ3n) is 3.96. The highest BCUT2D eigenvalue weighted by molar-refractivity contribution is 6.06. The van der Waals surface area contributed by atoms with Gasteiger partial charge in [0.1, 0.15) is 29.3 Å². The Balaban J connectivity index is 1.97. The van der Waals surface area contributed by atoms with Gasteiger partial charge in [-0.15, -0.1) is 0 Å². The van der Waals surface area contributed by atoms with Gasteiger partial charge in [0, 0.05) is 10.9 Å². The van der Waals surface area contributed by atoms with Crippen molar-refractivity contribution in [3.8, 4) is 5.75 Å². The van der Waals surface area contributed by atoms with Crippen LogP contribution in [0.25, 0.3) is 11.0 Å². The Bertz CT molecular complexity index is 862. The van der Waals surface area contributed by atoms with E-state index in [9.17, 15) is 4.79 Å². The molecule has 0 atom stereocenters. The minimum absolute atomic E-state index is 0.328. The fourth-order valence-electron chi connectivity index (χ4n) is 2.80. The van der Waals surface area contributed by atoms with E-state index in [-0.39, 0.29) is 5.97 Å². The fraction of sp³-hybridized carbons (Fsp3) is 0.250. The predicted molar refractivity (Wildman–Crippen MR) is 92.4 cm³/mol. The van der Waals surface area contributed by atoms with Crippen molar-refractivity contribution in [2.45, 2.75) is 27.4 Å². The third kappa shape index (κ3) is 3.00. The molecule has 0 radical (unpaired) electrons. The number of fused-ring (bicyclic) bond motifs is 1. The molecule has 0 bridgehead atoms. The molecule has 0 amide bonds. The summed E-state index contributed by atoms with van der Waals surface area (Å²) in [7, 11) is 0. The zero-order chi connectivity index (χ0) is 17.1. The second-order valence-electron chi connectivity index (χ2n) is 5.59. The van der Waals surface area contributed by atoms with Gasteiger partial charge in [0.15, 0.2) is 0 Å². The zero-order valence-corrected chi connectivity index (χ0v) is 14.1. The Morgan fingerprint density at radius 3 is 2.54 bits per heavy atom. The molecule has 0 saturated carbocycles. The van der Waals surface area contributed by atoms with Crippen LogP contribution < -0.4 is 4.74 Å². The Morgan fingerprint density at radius 2 is 1.83 bits per heavy atom. The lowest BCUT2D eigenvalue weighted by molar-refractivity contribution is 0.0526. The van der Waals surface area contributed by atoms with Crippen LogP contribution in [0.1, 0.15) is 34.2 Å². The third-order valence-corrected chi connectivity index (χ3v) is 3.96. The van der Waals surface area contributed by atoms with Crippen molar-refractivity contribution in [3.63, 3.8) is 0 Å². The van der Waals surface area contributed by atoms with Crippen LogP contribution in [0, 0.1) is 13.8 Å². The minimum Gasteiger partial charge on any atom is -0.489 e. The normalized spacial score (nSPS) is 10.8. The molecule has 0 aliphatic heterocycles. The molecule has 1 aromatic heterocycles. The summed E-state index contributed by atoms with van der Waals surface area (Å²) in [6.45, 7) is 6.29. The molecule has 2 aromatic carbocycles. The first-order chi connectivity index (χ1) is 11.6. The molecule has 3 rings (SSSR count). The smallest absolute Gasteiger partial charge is 0.342 e. The van der Waals surface area contributed by atoms with E-state index in [1.165, 1.54) is 0 Å². The van der Waals surface area contributed by atoms with Crippen LogP contribution in [-0.2, 0) is 11.3 Å². The number of carbonyl (C=O) groups is 1. The topological polar surface area (TPSA) is 48.7 Å². The maximum absolute atomic E-state index is 12.3. The molecule has 0 N–H and O–H groups in total. The van der Waals surface area contributed by atoms with Crippen molar-refractivity contribution < 1.29 is 18.7 Å². The van der Waals surface area contributed by atoms with Crippen molar-refractivity contribution in [1.29, 1.82) is 0 Å². The van der Waals surface area contributed by atoms with Crippen LogP contribution in [0.15, 0.2) is 46.9 Å². The van der Waals surface area contributed by atoms with E-state index in [0.29, 0.717) is 30.1 Å². The molecular formula is C20H20O4. The molecule has 0 aliphatic carbocycles. The maximum atomic E-state index is 12.3. The molecule has 3 aromatic rings. The highest BCUT2D eigenvalue weighted by Crippen LogP contribution is 2.34. The van der Waals surface area contributed by atoms with Gasteiger partial charge in [-0.3, -0.25) is 0 Å². The standard InChI is InChI=1S/C20H20O4/c1-4-22-20(21)19-14(3)24-17-11-10-16(13(2)18(17)19)23-12-15-8-6-5-7-9-15/h5-11H,4,12H2,1-3H3. The van der Waals surface area contributed by atoms with Crippen LogP contribution in [0.4, 0.5) is 0 Å². The molecule has 124 valence electrons. The zero-order valence-electron chi connectivity index (χ0n) is 14.1. The highest BCUT2D eigenvalue weighted by atomic mass is 16.5. The summed E-state index contributed by atoms with van der Waals surface area (Å²) in [6, 6.07) is 13.7. The Kier molecular flexibility index (Phi) is 4.56. The number of furan rings is 1. The molecule has 1 heterocycles. The summed E-state index contributed by atoms with van der Waals surface area (Å²) in [5, 5.41) is 0.761. The average Bonchev–Trinajstić information content (AvgIpc) is 2.92. The maximum Gasteiger partial charge on any atom is 0.342 e. The van der Waals surface area contributed by atoms with Crippen LogP contribution in [0.3, 0.4) is 0 Å². The van der Waals surface area contributed by atoms with Crippen molar-refractivity contribution in [2.75, 3.05) is 6.61 Å². The van der Waals surface area contributed by atoms with Crippen molar-refractivity contribution in [3.05, 3.63) is 64.9 Å². The van der Waals surface area contributed by atoms with Crippen molar-refractivity contribution >= 4 is 16.9 Å². The van der Waals surface area contributed by atoms with Crippen molar-refractivity contribution in [2.24, 2.45) is 0 Å². The number of carbonyl (C=O) groups excluding carboxylic acids is 1. The molecular weight excluding hydrogens is 304 g/mol. The van der Waals surface area contributed by atoms with Gasteiger partial charge in [-0.25, -0.2) is 4.79 Å². The number of hydrogen-bond donors (Lipinski definition) is 0. The molecule has 0 unspecified atom stereocenters. The van der Waals surface area contributed by atoms with E-state index in [0.717, 1.165) is 22.3 Å². The first kappa shape index (κ1) is 16.1. The predicted octanol–water partition coefficient (Wildman–Crippen LogP) is 4.81. The summed E-state index contributed by atoms with van der Waals surface area (Å²) in [4.78, 5) is 12.3. The van der Waals surface area contributed by atoms with Crippen LogP contribution in [-0.4, -0.2) is 12.6 Å². The summed E-state index contributed by atoms with van der Waals surface area (Å²) >= 11 is 0. The average molecular weight is 324 g/mol. The van der Waals surface area contributed by atoms with Gasteiger partial charge < -0.3 is 13.9 Å². The van der Waals surface area contributed by atoms with Gasteiger partial charge in [-0.2, -0.15) is 0 Å². The van der Waals surface area contributed by atoms with E-state index in [4.69, 9.17) is 13.9 Å². The van der Waals surface area contributed by atoms with Gasteiger partial charge in [0.25, 0.3) is 0 Å². The van der Waals surface area contributed by atoms with Crippen LogP contribution in [0.2, 0.25) is 0 Å². The quantitative estimate of drug-likeness (QED) is 0.632.